The van der Waals surface area contributed by atoms with Gasteiger partial charge in [0.25, 0.3) is 0 Å². The molecule has 0 spiro atoms. The van der Waals surface area contributed by atoms with Gasteiger partial charge in [0.15, 0.2) is 0 Å². The SMILES string of the molecule is C=CC(C)Oc1ccc(CO)nc1. The highest BCUT2D eigenvalue weighted by Gasteiger charge is 1.99. The van der Waals surface area contributed by atoms with E-state index in [0.717, 1.165) is 0 Å². The van der Waals surface area contributed by atoms with E-state index in [0.29, 0.717) is 11.4 Å². The third-order valence-electron chi connectivity index (χ3n) is 1.61. The number of hydrogen-bond acceptors (Lipinski definition) is 3. The van der Waals surface area contributed by atoms with Gasteiger partial charge in [-0.15, -0.1) is 0 Å². The zero-order valence-corrected chi connectivity index (χ0v) is 7.60. The molecule has 0 saturated heterocycles. The third-order valence-corrected chi connectivity index (χ3v) is 1.61. The lowest BCUT2D eigenvalue weighted by molar-refractivity contribution is 0.265. The van der Waals surface area contributed by atoms with E-state index < -0.39 is 0 Å². The van der Waals surface area contributed by atoms with E-state index in [1.54, 1.807) is 24.4 Å². The van der Waals surface area contributed by atoms with Crippen LogP contribution < -0.4 is 4.74 Å². The fourth-order valence-corrected chi connectivity index (χ4v) is 0.837. The van der Waals surface area contributed by atoms with Gasteiger partial charge in [0.2, 0.25) is 0 Å². The Morgan fingerprint density at radius 3 is 2.92 bits per heavy atom. The quantitative estimate of drug-likeness (QED) is 0.713. The fraction of sp³-hybridized carbons (Fsp3) is 0.300. The number of aromatic nitrogens is 1. The van der Waals surface area contributed by atoms with Crippen LogP contribution in [0.4, 0.5) is 0 Å². The Labute approximate surface area is 77.7 Å². The van der Waals surface area contributed by atoms with Crippen molar-refractivity contribution in [3.05, 3.63) is 36.7 Å². The van der Waals surface area contributed by atoms with E-state index in [9.17, 15) is 0 Å². The van der Waals surface area contributed by atoms with E-state index >= 15 is 0 Å². The molecular weight excluding hydrogens is 166 g/mol. The Kier molecular flexibility index (Phi) is 3.46. The monoisotopic (exact) mass is 179 g/mol. The number of rotatable bonds is 4. The first-order valence-electron chi connectivity index (χ1n) is 4.11. The molecule has 1 aromatic rings. The summed E-state index contributed by atoms with van der Waals surface area (Å²) in [5.41, 5.74) is 0.638. The molecule has 0 aliphatic heterocycles. The smallest absolute Gasteiger partial charge is 0.138 e. The van der Waals surface area contributed by atoms with Gasteiger partial charge in [0, 0.05) is 0 Å². The summed E-state index contributed by atoms with van der Waals surface area (Å²) < 4.78 is 5.40. The topological polar surface area (TPSA) is 42.4 Å². The fourth-order valence-electron chi connectivity index (χ4n) is 0.837. The van der Waals surface area contributed by atoms with Crippen molar-refractivity contribution in [2.75, 3.05) is 0 Å². The van der Waals surface area contributed by atoms with E-state index in [-0.39, 0.29) is 12.7 Å². The van der Waals surface area contributed by atoms with Crippen molar-refractivity contribution in [2.45, 2.75) is 19.6 Å². The van der Waals surface area contributed by atoms with Crippen molar-refractivity contribution >= 4 is 0 Å². The van der Waals surface area contributed by atoms with E-state index in [1.807, 2.05) is 6.92 Å². The average molecular weight is 179 g/mol. The maximum atomic E-state index is 8.74. The molecule has 1 N–H and O–H groups in total. The molecule has 0 amide bonds. The van der Waals surface area contributed by atoms with Gasteiger partial charge in [0.05, 0.1) is 18.5 Å². The lowest BCUT2D eigenvalue weighted by Gasteiger charge is -2.09. The molecule has 0 bridgehead atoms. The number of nitrogens with zero attached hydrogens (tertiary/aromatic N) is 1. The first-order valence-corrected chi connectivity index (χ1v) is 4.11. The van der Waals surface area contributed by atoms with E-state index in [1.165, 1.54) is 0 Å². The Hall–Kier alpha value is -1.35. The Morgan fingerprint density at radius 1 is 1.69 bits per heavy atom. The van der Waals surface area contributed by atoms with Crippen LogP contribution >= 0.6 is 0 Å². The van der Waals surface area contributed by atoms with Gasteiger partial charge in [0.1, 0.15) is 11.9 Å². The summed E-state index contributed by atoms with van der Waals surface area (Å²) in [6.45, 7) is 5.46. The molecule has 1 aromatic heterocycles. The number of pyridine rings is 1. The van der Waals surface area contributed by atoms with Crippen molar-refractivity contribution < 1.29 is 9.84 Å². The highest BCUT2D eigenvalue weighted by Crippen LogP contribution is 2.11. The van der Waals surface area contributed by atoms with Gasteiger partial charge in [-0.2, -0.15) is 0 Å². The summed E-state index contributed by atoms with van der Waals surface area (Å²) in [6.07, 6.45) is 3.27. The molecule has 0 saturated carbocycles. The number of ether oxygens (including phenoxy) is 1. The summed E-state index contributed by atoms with van der Waals surface area (Å²) >= 11 is 0. The standard InChI is InChI=1S/C10H13NO2/c1-3-8(2)13-10-5-4-9(7-12)11-6-10/h3-6,8,12H,1,7H2,2H3. The lowest BCUT2D eigenvalue weighted by atomic mass is 10.3. The van der Waals surface area contributed by atoms with Crippen LogP contribution in [0.1, 0.15) is 12.6 Å². The van der Waals surface area contributed by atoms with Crippen LogP contribution in [0.25, 0.3) is 0 Å². The molecule has 3 heteroatoms. The molecule has 1 heterocycles. The van der Waals surface area contributed by atoms with Crippen LogP contribution in [-0.4, -0.2) is 16.2 Å². The van der Waals surface area contributed by atoms with Crippen molar-refractivity contribution in [3.8, 4) is 5.75 Å². The zero-order valence-electron chi connectivity index (χ0n) is 7.60. The van der Waals surface area contributed by atoms with Crippen molar-refractivity contribution in [3.63, 3.8) is 0 Å². The highest BCUT2D eigenvalue weighted by atomic mass is 16.5. The molecule has 0 fully saturated rings. The molecule has 1 atom stereocenters. The van der Waals surface area contributed by atoms with Crippen LogP contribution in [0.3, 0.4) is 0 Å². The van der Waals surface area contributed by atoms with Crippen LogP contribution in [0, 0.1) is 0 Å². The van der Waals surface area contributed by atoms with Crippen LogP contribution in [0.2, 0.25) is 0 Å². The van der Waals surface area contributed by atoms with Gasteiger partial charge < -0.3 is 9.84 Å². The number of hydrogen-bond donors (Lipinski definition) is 1. The largest absolute Gasteiger partial charge is 0.485 e. The molecule has 0 aliphatic rings. The first-order chi connectivity index (χ1) is 6.26. The van der Waals surface area contributed by atoms with E-state index in [2.05, 4.69) is 11.6 Å². The predicted octanol–water partition coefficient (Wildman–Crippen LogP) is 1.53. The van der Waals surface area contributed by atoms with Crippen LogP contribution in [-0.2, 0) is 6.61 Å². The van der Waals surface area contributed by atoms with Crippen molar-refractivity contribution in [1.82, 2.24) is 4.98 Å². The number of aliphatic hydroxyl groups is 1. The Balaban J connectivity index is 2.63. The summed E-state index contributed by atoms with van der Waals surface area (Å²) in [4.78, 5) is 3.98. The van der Waals surface area contributed by atoms with Crippen molar-refractivity contribution in [2.24, 2.45) is 0 Å². The minimum Gasteiger partial charge on any atom is -0.485 e. The number of aliphatic hydroxyl groups excluding tert-OH is 1. The average Bonchev–Trinajstić information content (AvgIpc) is 2.19. The maximum Gasteiger partial charge on any atom is 0.138 e. The molecule has 0 aromatic carbocycles. The van der Waals surface area contributed by atoms with Crippen LogP contribution in [0.15, 0.2) is 31.0 Å². The summed E-state index contributed by atoms with van der Waals surface area (Å²) in [6, 6.07) is 3.50. The first kappa shape index (κ1) is 9.74. The van der Waals surface area contributed by atoms with Gasteiger partial charge in [-0.25, -0.2) is 0 Å². The second kappa shape index (κ2) is 4.62. The molecule has 13 heavy (non-hydrogen) atoms. The molecule has 0 radical (unpaired) electrons. The lowest BCUT2D eigenvalue weighted by Crippen LogP contribution is -2.07. The van der Waals surface area contributed by atoms with Gasteiger partial charge in [-0.05, 0) is 19.1 Å². The van der Waals surface area contributed by atoms with Gasteiger partial charge >= 0.3 is 0 Å². The molecule has 0 aliphatic carbocycles. The zero-order chi connectivity index (χ0) is 9.68. The second-order valence-corrected chi connectivity index (χ2v) is 2.70. The minimum atomic E-state index is -0.0444. The summed E-state index contributed by atoms with van der Waals surface area (Å²) in [5, 5.41) is 8.74. The molecule has 1 unspecified atom stereocenters. The summed E-state index contributed by atoms with van der Waals surface area (Å²) in [5.74, 6) is 0.685. The molecule has 70 valence electrons. The van der Waals surface area contributed by atoms with Crippen LogP contribution in [0.5, 0.6) is 5.75 Å². The van der Waals surface area contributed by atoms with Gasteiger partial charge in [-0.3, -0.25) is 4.98 Å². The Morgan fingerprint density at radius 2 is 2.46 bits per heavy atom. The third kappa shape index (κ3) is 2.87. The van der Waals surface area contributed by atoms with Crippen molar-refractivity contribution in [1.29, 1.82) is 0 Å². The Bertz CT molecular complexity index is 269. The second-order valence-electron chi connectivity index (χ2n) is 2.70. The predicted molar refractivity (Wildman–Crippen MR) is 50.4 cm³/mol. The molecule has 3 nitrogen and oxygen atoms in total. The minimum absolute atomic E-state index is 0.0261. The molecule has 1 rings (SSSR count). The van der Waals surface area contributed by atoms with E-state index in [4.69, 9.17) is 9.84 Å². The normalized spacial score (nSPS) is 12.2. The maximum absolute atomic E-state index is 8.74. The summed E-state index contributed by atoms with van der Waals surface area (Å²) in [7, 11) is 0. The van der Waals surface area contributed by atoms with Gasteiger partial charge in [-0.1, -0.05) is 12.7 Å². The molecular formula is C10H13NO2. The highest BCUT2D eigenvalue weighted by molar-refractivity contribution is 5.20.